The maximum atomic E-state index is 4.60. The number of pyridine rings is 1. The molecule has 0 aliphatic heterocycles. The molecular weight excluding hydrogens is 230 g/mol. The third-order valence-electron chi connectivity index (χ3n) is 2.28. The van der Waals surface area contributed by atoms with Crippen LogP contribution < -0.4 is 5.32 Å². The van der Waals surface area contributed by atoms with Crippen LogP contribution in [0.1, 0.15) is 25.8 Å². The van der Waals surface area contributed by atoms with Crippen LogP contribution in [0, 0.1) is 0 Å². The van der Waals surface area contributed by atoms with Crippen molar-refractivity contribution >= 4 is 11.3 Å². The summed E-state index contributed by atoms with van der Waals surface area (Å²) in [5.74, 6) is 0. The molecule has 2 rings (SSSR count). The van der Waals surface area contributed by atoms with Gasteiger partial charge >= 0.3 is 0 Å². The molecule has 0 spiro atoms. The van der Waals surface area contributed by atoms with Crippen molar-refractivity contribution in [3.05, 3.63) is 34.9 Å². The fourth-order valence-corrected chi connectivity index (χ4v) is 2.12. The van der Waals surface area contributed by atoms with Crippen molar-refractivity contribution in [1.82, 2.24) is 15.3 Å². The fraction of sp³-hybridized carbons (Fsp3) is 0.385. The van der Waals surface area contributed by atoms with Gasteiger partial charge in [-0.15, -0.1) is 11.3 Å². The lowest BCUT2D eigenvalue weighted by atomic mass is 10.1. The number of thiazole rings is 1. The Morgan fingerprint density at radius 2 is 2.18 bits per heavy atom. The number of rotatable bonds is 3. The van der Waals surface area contributed by atoms with Crippen LogP contribution in [0.5, 0.6) is 0 Å². The molecule has 0 aromatic carbocycles. The average molecular weight is 247 g/mol. The molecule has 2 aromatic heterocycles. The predicted molar refractivity (Wildman–Crippen MR) is 71.9 cm³/mol. The van der Waals surface area contributed by atoms with Crippen molar-refractivity contribution in [2.75, 3.05) is 0 Å². The molecule has 90 valence electrons. The Kier molecular flexibility index (Phi) is 3.54. The molecule has 17 heavy (non-hydrogen) atoms. The van der Waals surface area contributed by atoms with Gasteiger partial charge in [-0.2, -0.15) is 0 Å². The molecule has 0 atom stereocenters. The first-order chi connectivity index (χ1) is 8.04. The zero-order chi connectivity index (χ0) is 12.3. The third kappa shape index (κ3) is 3.61. The zero-order valence-electron chi connectivity index (χ0n) is 10.4. The molecule has 0 unspecified atom stereocenters. The van der Waals surface area contributed by atoms with Crippen LogP contribution in [-0.4, -0.2) is 15.5 Å². The summed E-state index contributed by atoms with van der Waals surface area (Å²) >= 11 is 1.68. The lowest BCUT2D eigenvalue weighted by Crippen LogP contribution is -2.34. The van der Waals surface area contributed by atoms with Crippen molar-refractivity contribution in [3.63, 3.8) is 0 Å². The average Bonchev–Trinajstić information content (AvgIpc) is 2.75. The van der Waals surface area contributed by atoms with Gasteiger partial charge in [0, 0.05) is 35.4 Å². The van der Waals surface area contributed by atoms with Crippen molar-refractivity contribution in [2.24, 2.45) is 0 Å². The van der Waals surface area contributed by atoms with E-state index in [1.807, 2.05) is 18.3 Å². The van der Waals surface area contributed by atoms with Gasteiger partial charge in [-0.05, 0) is 32.9 Å². The van der Waals surface area contributed by atoms with Crippen LogP contribution in [0.25, 0.3) is 11.3 Å². The van der Waals surface area contributed by atoms with E-state index >= 15 is 0 Å². The van der Waals surface area contributed by atoms with Gasteiger partial charge in [0.15, 0.2) is 0 Å². The first kappa shape index (κ1) is 12.2. The quantitative estimate of drug-likeness (QED) is 0.905. The highest BCUT2D eigenvalue weighted by Crippen LogP contribution is 2.21. The second-order valence-corrected chi connectivity index (χ2v) is 5.91. The van der Waals surface area contributed by atoms with E-state index in [-0.39, 0.29) is 5.54 Å². The standard InChI is InChI=1S/C13H17N3S/c1-13(2,3)15-8-12-16-11(9-17-12)10-5-4-6-14-7-10/h4-7,9,15H,8H2,1-3H3. The summed E-state index contributed by atoms with van der Waals surface area (Å²) in [4.78, 5) is 8.70. The summed E-state index contributed by atoms with van der Waals surface area (Å²) in [6.07, 6.45) is 3.62. The molecule has 0 amide bonds. The maximum Gasteiger partial charge on any atom is 0.107 e. The molecule has 0 bridgehead atoms. The minimum absolute atomic E-state index is 0.125. The Balaban J connectivity index is 2.07. The molecule has 1 N–H and O–H groups in total. The lowest BCUT2D eigenvalue weighted by molar-refractivity contribution is 0.424. The Morgan fingerprint density at radius 3 is 2.82 bits per heavy atom. The van der Waals surface area contributed by atoms with E-state index in [0.717, 1.165) is 22.8 Å². The molecule has 2 heterocycles. The first-order valence-corrected chi connectivity index (χ1v) is 6.52. The summed E-state index contributed by atoms with van der Waals surface area (Å²) in [6.45, 7) is 7.28. The number of nitrogens with one attached hydrogen (secondary N) is 1. The van der Waals surface area contributed by atoms with E-state index < -0.39 is 0 Å². The molecule has 0 radical (unpaired) electrons. The summed E-state index contributed by atoms with van der Waals surface area (Å²) in [7, 11) is 0. The third-order valence-corrected chi connectivity index (χ3v) is 3.13. The predicted octanol–water partition coefficient (Wildman–Crippen LogP) is 3.09. The molecule has 0 saturated carbocycles. The van der Waals surface area contributed by atoms with Gasteiger partial charge in [-0.1, -0.05) is 0 Å². The number of nitrogens with zero attached hydrogens (tertiary/aromatic N) is 2. The summed E-state index contributed by atoms with van der Waals surface area (Å²) in [6, 6.07) is 3.96. The Bertz CT molecular complexity index is 471. The minimum atomic E-state index is 0.125. The van der Waals surface area contributed by atoms with Crippen LogP contribution in [0.2, 0.25) is 0 Å². The molecule has 0 aliphatic carbocycles. The van der Waals surface area contributed by atoms with Gasteiger partial charge in [0.05, 0.1) is 5.69 Å². The van der Waals surface area contributed by atoms with Crippen molar-refractivity contribution in [3.8, 4) is 11.3 Å². The van der Waals surface area contributed by atoms with E-state index in [9.17, 15) is 0 Å². The first-order valence-electron chi connectivity index (χ1n) is 5.64. The van der Waals surface area contributed by atoms with Crippen LogP contribution in [-0.2, 0) is 6.54 Å². The van der Waals surface area contributed by atoms with Gasteiger partial charge in [-0.25, -0.2) is 4.98 Å². The molecule has 3 nitrogen and oxygen atoms in total. The van der Waals surface area contributed by atoms with Crippen LogP contribution >= 0.6 is 11.3 Å². The Labute approximate surface area is 106 Å². The van der Waals surface area contributed by atoms with Crippen LogP contribution in [0.3, 0.4) is 0 Å². The Morgan fingerprint density at radius 1 is 1.35 bits per heavy atom. The van der Waals surface area contributed by atoms with E-state index in [4.69, 9.17) is 0 Å². The molecule has 2 aromatic rings. The summed E-state index contributed by atoms with van der Waals surface area (Å²) < 4.78 is 0. The fourth-order valence-electron chi connectivity index (χ4n) is 1.38. The van der Waals surface area contributed by atoms with Gasteiger partial charge in [0.2, 0.25) is 0 Å². The van der Waals surface area contributed by atoms with E-state index in [2.05, 4.69) is 41.4 Å². The smallest absolute Gasteiger partial charge is 0.107 e. The van der Waals surface area contributed by atoms with Gasteiger partial charge in [-0.3, -0.25) is 4.98 Å². The van der Waals surface area contributed by atoms with E-state index in [0.29, 0.717) is 0 Å². The zero-order valence-corrected chi connectivity index (χ0v) is 11.2. The maximum absolute atomic E-state index is 4.60. The van der Waals surface area contributed by atoms with Crippen LogP contribution in [0.4, 0.5) is 0 Å². The normalized spacial score (nSPS) is 11.7. The van der Waals surface area contributed by atoms with E-state index in [1.165, 1.54) is 0 Å². The molecule has 4 heteroatoms. The highest BCUT2D eigenvalue weighted by Gasteiger charge is 2.10. The highest BCUT2D eigenvalue weighted by atomic mass is 32.1. The molecule has 0 saturated heterocycles. The molecule has 0 fully saturated rings. The SMILES string of the molecule is CC(C)(C)NCc1nc(-c2cccnc2)cs1. The lowest BCUT2D eigenvalue weighted by Gasteiger charge is -2.19. The highest BCUT2D eigenvalue weighted by molar-refractivity contribution is 7.09. The number of aromatic nitrogens is 2. The van der Waals surface area contributed by atoms with Crippen LogP contribution in [0.15, 0.2) is 29.9 Å². The molecule has 0 aliphatic rings. The van der Waals surface area contributed by atoms with Crippen molar-refractivity contribution < 1.29 is 0 Å². The number of hydrogen-bond donors (Lipinski definition) is 1. The van der Waals surface area contributed by atoms with E-state index in [1.54, 1.807) is 17.5 Å². The van der Waals surface area contributed by atoms with Crippen molar-refractivity contribution in [2.45, 2.75) is 32.9 Å². The summed E-state index contributed by atoms with van der Waals surface area (Å²) in [5, 5.41) is 6.63. The number of hydrogen-bond acceptors (Lipinski definition) is 4. The minimum Gasteiger partial charge on any atom is -0.306 e. The summed E-state index contributed by atoms with van der Waals surface area (Å²) in [5.41, 5.74) is 2.21. The van der Waals surface area contributed by atoms with Gasteiger partial charge in [0.1, 0.15) is 5.01 Å². The Hall–Kier alpha value is -1.26. The monoisotopic (exact) mass is 247 g/mol. The molecular formula is C13H17N3S. The second-order valence-electron chi connectivity index (χ2n) is 4.97. The van der Waals surface area contributed by atoms with Gasteiger partial charge < -0.3 is 5.32 Å². The second kappa shape index (κ2) is 4.94. The van der Waals surface area contributed by atoms with Gasteiger partial charge in [0.25, 0.3) is 0 Å². The topological polar surface area (TPSA) is 37.8 Å². The largest absolute Gasteiger partial charge is 0.306 e. The van der Waals surface area contributed by atoms with Crippen molar-refractivity contribution in [1.29, 1.82) is 0 Å².